The van der Waals surface area contributed by atoms with Crippen LogP contribution in [0.15, 0.2) is 23.6 Å². The lowest BCUT2D eigenvalue weighted by Gasteiger charge is -2.42. The second-order valence-corrected chi connectivity index (χ2v) is 12.3. The summed E-state index contributed by atoms with van der Waals surface area (Å²) in [6, 6.07) is 7.06. The molecule has 0 spiro atoms. The molecule has 1 aromatic heterocycles. The highest BCUT2D eigenvalue weighted by atomic mass is 32.1. The Balaban J connectivity index is 1.40. The third-order valence-electron chi connectivity index (χ3n) is 8.09. The van der Waals surface area contributed by atoms with Gasteiger partial charge in [-0.3, -0.25) is 4.90 Å². The standard InChI is InChI=1S/C28H43N3OS/c1-6-7-21(19-32)10-13-30-14-16-31(17-15-30)26-29-25(20-33-26)22-8-9-23-24(18-22)28(4,5)12-11-27(23,2)3/h8-9,18,20-21,32H,6-7,10-17,19H2,1-5H3. The molecule has 0 radical (unpaired) electrons. The molecule has 1 saturated heterocycles. The van der Waals surface area contributed by atoms with Crippen LogP contribution in [0.25, 0.3) is 11.3 Å². The molecule has 0 saturated carbocycles. The average molecular weight is 470 g/mol. The smallest absolute Gasteiger partial charge is 0.185 e. The van der Waals surface area contributed by atoms with Crippen LogP contribution in [0.3, 0.4) is 0 Å². The Labute approximate surface area is 205 Å². The van der Waals surface area contributed by atoms with Gasteiger partial charge in [0.2, 0.25) is 0 Å². The van der Waals surface area contributed by atoms with E-state index >= 15 is 0 Å². The number of piperazine rings is 1. The van der Waals surface area contributed by atoms with Crippen LogP contribution >= 0.6 is 11.3 Å². The van der Waals surface area contributed by atoms with Crippen LogP contribution in [-0.4, -0.2) is 54.3 Å². The third-order valence-corrected chi connectivity index (χ3v) is 8.99. The zero-order chi connectivity index (χ0) is 23.6. The summed E-state index contributed by atoms with van der Waals surface area (Å²) in [5.74, 6) is 0.460. The second-order valence-electron chi connectivity index (χ2n) is 11.5. The van der Waals surface area contributed by atoms with E-state index in [2.05, 4.69) is 68.0 Å². The van der Waals surface area contributed by atoms with E-state index in [9.17, 15) is 5.11 Å². The monoisotopic (exact) mass is 469 g/mol. The minimum Gasteiger partial charge on any atom is -0.396 e. The van der Waals surface area contributed by atoms with Crippen molar-refractivity contribution in [2.75, 3.05) is 44.2 Å². The van der Waals surface area contributed by atoms with E-state index in [0.717, 1.165) is 62.8 Å². The van der Waals surface area contributed by atoms with E-state index in [-0.39, 0.29) is 10.8 Å². The summed E-state index contributed by atoms with van der Waals surface area (Å²) in [6.45, 7) is 17.4. The summed E-state index contributed by atoms with van der Waals surface area (Å²) in [7, 11) is 0. The molecule has 1 atom stereocenters. The van der Waals surface area contributed by atoms with Crippen LogP contribution in [0.1, 0.15) is 77.8 Å². The largest absolute Gasteiger partial charge is 0.396 e. The Morgan fingerprint density at radius 2 is 1.70 bits per heavy atom. The van der Waals surface area contributed by atoms with Gasteiger partial charge in [0.05, 0.1) is 5.69 Å². The summed E-state index contributed by atoms with van der Waals surface area (Å²) in [5.41, 5.74) is 5.86. The second kappa shape index (κ2) is 10.1. The van der Waals surface area contributed by atoms with Crippen LogP contribution in [0.2, 0.25) is 0 Å². The summed E-state index contributed by atoms with van der Waals surface area (Å²) in [6.07, 6.45) is 5.89. The number of thiazole rings is 1. The van der Waals surface area contributed by atoms with Gasteiger partial charge in [0.1, 0.15) is 0 Å². The van der Waals surface area contributed by atoms with Crippen molar-refractivity contribution in [3.63, 3.8) is 0 Å². The molecular formula is C28H43N3OS. The van der Waals surface area contributed by atoms with Gasteiger partial charge in [-0.2, -0.15) is 0 Å². The fourth-order valence-electron chi connectivity index (χ4n) is 5.55. The molecule has 0 bridgehead atoms. The number of hydrogen-bond acceptors (Lipinski definition) is 5. The van der Waals surface area contributed by atoms with E-state index in [1.807, 2.05) is 0 Å². The molecule has 0 amide bonds. The maximum absolute atomic E-state index is 9.56. The predicted octanol–water partition coefficient (Wildman–Crippen LogP) is 6.08. The molecule has 1 N–H and O–H groups in total. The van der Waals surface area contributed by atoms with E-state index in [1.165, 1.54) is 29.5 Å². The molecule has 4 rings (SSSR count). The first kappa shape index (κ1) is 24.7. The molecule has 2 heterocycles. The zero-order valence-corrected chi connectivity index (χ0v) is 22.2. The molecule has 33 heavy (non-hydrogen) atoms. The van der Waals surface area contributed by atoms with Crippen molar-refractivity contribution in [3.05, 3.63) is 34.7 Å². The number of rotatable bonds is 8. The fourth-order valence-corrected chi connectivity index (χ4v) is 6.44. The Morgan fingerprint density at radius 1 is 1.00 bits per heavy atom. The van der Waals surface area contributed by atoms with Crippen molar-refractivity contribution in [1.29, 1.82) is 0 Å². The summed E-state index contributed by atoms with van der Waals surface area (Å²) in [4.78, 5) is 10.1. The normalized spacial score (nSPS) is 21.1. The lowest BCUT2D eigenvalue weighted by molar-refractivity contribution is 0.179. The van der Waals surface area contributed by atoms with E-state index < -0.39 is 0 Å². The Hall–Kier alpha value is -1.43. The number of hydrogen-bond donors (Lipinski definition) is 1. The van der Waals surface area contributed by atoms with Gasteiger partial charge in [-0.1, -0.05) is 53.2 Å². The first-order chi connectivity index (χ1) is 15.7. The molecule has 5 heteroatoms. The topological polar surface area (TPSA) is 39.6 Å². The maximum atomic E-state index is 9.56. The highest BCUT2D eigenvalue weighted by molar-refractivity contribution is 7.14. The number of benzene rings is 1. The first-order valence-electron chi connectivity index (χ1n) is 12.9. The van der Waals surface area contributed by atoms with Gasteiger partial charge in [-0.05, 0) is 66.2 Å². The molecule has 2 aliphatic rings. The first-order valence-corrected chi connectivity index (χ1v) is 13.8. The SMILES string of the molecule is CCCC(CO)CCN1CCN(c2nc(-c3ccc4c(c3)C(C)(C)CCC4(C)C)cs2)CC1. The van der Waals surface area contributed by atoms with Crippen molar-refractivity contribution >= 4 is 16.5 Å². The minimum atomic E-state index is 0.224. The van der Waals surface area contributed by atoms with Crippen molar-refractivity contribution in [2.45, 2.75) is 77.6 Å². The summed E-state index contributed by atoms with van der Waals surface area (Å²) < 4.78 is 0. The molecule has 4 nitrogen and oxygen atoms in total. The number of anilines is 1. The Kier molecular flexibility index (Phi) is 7.52. The third kappa shape index (κ3) is 5.47. The van der Waals surface area contributed by atoms with Gasteiger partial charge in [0.15, 0.2) is 5.13 Å². The Morgan fingerprint density at radius 3 is 2.36 bits per heavy atom. The van der Waals surface area contributed by atoms with Crippen LogP contribution in [-0.2, 0) is 10.8 Å². The van der Waals surface area contributed by atoms with Crippen LogP contribution in [0.4, 0.5) is 5.13 Å². The average Bonchev–Trinajstić information content (AvgIpc) is 3.30. The van der Waals surface area contributed by atoms with Crippen molar-refractivity contribution in [2.24, 2.45) is 5.92 Å². The summed E-state index contributed by atoms with van der Waals surface area (Å²) in [5, 5.41) is 13.0. The summed E-state index contributed by atoms with van der Waals surface area (Å²) >= 11 is 1.78. The number of fused-ring (bicyclic) bond motifs is 1. The molecular weight excluding hydrogens is 426 g/mol. The maximum Gasteiger partial charge on any atom is 0.185 e. The molecule has 1 aromatic carbocycles. The van der Waals surface area contributed by atoms with E-state index in [0.29, 0.717) is 12.5 Å². The highest BCUT2D eigenvalue weighted by Crippen LogP contribution is 2.46. The van der Waals surface area contributed by atoms with Crippen LogP contribution in [0, 0.1) is 5.92 Å². The van der Waals surface area contributed by atoms with Crippen molar-refractivity contribution in [3.8, 4) is 11.3 Å². The van der Waals surface area contributed by atoms with Gasteiger partial charge in [0.25, 0.3) is 0 Å². The Bertz CT molecular complexity index is 927. The number of aliphatic hydroxyl groups is 1. The number of aliphatic hydroxyl groups excluding tert-OH is 1. The molecule has 2 aromatic rings. The van der Waals surface area contributed by atoms with Gasteiger partial charge >= 0.3 is 0 Å². The molecule has 182 valence electrons. The molecule has 1 aliphatic carbocycles. The van der Waals surface area contributed by atoms with Gasteiger partial charge in [0, 0.05) is 43.7 Å². The van der Waals surface area contributed by atoms with Crippen molar-refractivity contribution < 1.29 is 5.11 Å². The van der Waals surface area contributed by atoms with E-state index in [1.54, 1.807) is 11.3 Å². The number of aromatic nitrogens is 1. The van der Waals surface area contributed by atoms with E-state index in [4.69, 9.17) is 4.98 Å². The lowest BCUT2D eigenvalue weighted by atomic mass is 9.63. The molecule has 1 unspecified atom stereocenters. The molecule has 1 aliphatic heterocycles. The van der Waals surface area contributed by atoms with Crippen molar-refractivity contribution in [1.82, 2.24) is 9.88 Å². The van der Waals surface area contributed by atoms with Crippen LogP contribution in [0.5, 0.6) is 0 Å². The van der Waals surface area contributed by atoms with Gasteiger partial charge in [-0.25, -0.2) is 4.98 Å². The van der Waals surface area contributed by atoms with Gasteiger partial charge < -0.3 is 10.0 Å². The zero-order valence-electron chi connectivity index (χ0n) is 21.4. The quantitative estimate of drug-likeness (QED) is 0.509. The van der Waals surface area contributed by atoms with Gasteiger partial charge in [-0.15, -0.1) is 11.3 Å². The molecule has 1 fully saturated rings. The number of nitrogens with zero attached hydrogens (tertiary/aromatic N) is 3. The van der Waals surface area contributed by atoms with Crippen LogP contribution < -0.4 is 4.90 Å². The fraction of sp³-hybridized carbons (Fsp3) is 0.679. The predicted molar refractivity (Wildman–Crippen MR) is 142 cm³/mol. The highest BCUT2D eigenvalue weighted by Gasteiger charge is 2.37. The lowest BCUT2D eigenvalue weighted by Crippen LogP contribution is -2.46. The minimum absolute atomic E-state index is 0.224.